The van der Waals surface area contributed by atoms with Crippen LogP contribution in [0.1, 0.15) is 0 Å². The molecule has 1 N–H and O–H groups in total. The first-order chi connectivity index (χ1) is 5.00. The van der Waals surface area contributed by atoms with Crippen LogP contribution in [0.3, 0.4) is 0 Å². The summed E-state index contributed by atoms with van der Waals surface area (Å²) in [5.41, 5.74) is 0. The van der Waals surface area contributed by atoms with Gasteiger partial charge < -0.3 is 4.55 Å². The molecule has 1 aromatic carbocycles. The molecule has 1 rings (SSSR count). The molecule has 0 aliphatic carbocycles. The fourth-order valence-electron chi connectivity index (χ4n) is 0.627. The van der Waals surface area contributed by atoms with Gasteiger partial charge in [-0.1, -0.05) is 17.7 Å². The summed E-state index contributed by atoms with van der Waals surface area (Å²) >= 11 is 9.90. The van der Waals surface area contributed by atoms with E-state index in [1.165, 1.54) is 12.1 Å². The predicted molar refractivity (Wildman–Crippen MR) is 47.9 cm³/mol. The Balaban J connectivity index is 3.28. The van der Waals surface area contributed by atoms with Crippen molar-refractivity contribution in [1.82, 2.24) is 0 Å². The normalized spacial score (nSPS) is 15.8. The van der Waals surface area contributed by atoms with Gasteiger partial charge in [0.15, 0.2) is 8.77 Å². The molecule has 0 saturated carbocycles. The van der Waals surface area contributed by atoms with E-state index < -0.39 is 8.77 Å². The SMILES string of the molecule is O=S(O)(=S)c1cccc(Cl)c1. The standard InChI is InChI=1S/C6H5ClO2S2/c7-5-2-1-3-6(4-5)11(8,9)10/h1-4H,(H,8,9,10). The minimum Gasteiger partial charge on any atom is -0.302 e. The predicted octanol–water partition coefficient (Wildman–Crippen LogP) is 1.92. The van der Waals surface area contributed by atoms with Gasteiger partial charge in [0, 0.05) is 16.2 Å². The highest BCUT2D eigenvalue weighted by molar-refractivity contribution is 8.29. The number of hydrogen-bond donors (Lipinski definition) is 1. The maximum atomic E-state index is 10.9. The molecule has 1 unspecified atom stereocenters. The van der Waals surface area contributed by atoms with E-state index in [0.29, 0.717) is 5.02 Å². The molecule has 11 heavy (non-hydrogen) atoms. The van der Waals surface area contributed by atoms with Gasteiger partial charge in [0.2, 0.25) is 0 Å². The summed E-state index contributed by atoms with van der Waals surface area (Å²) in [4.78, 5) is 0.181. The highest BCUT2D eigenvalue weighted by Gasteiger charge is 2.03. The average molecular weight is 209 g/mol. The Hall–Kier alpha value is -0.160. The molecule has 0 radical (unpaired) electrons. The molecule has 0 heterocycles. The topological polar surface area (TPSA) is 37.3 Å². The van der Waals surface area contributed by atoms with Gasteiger partial charge in [-0.25, -0.2) is 4.21 Å². The third-order valence-corrected chi connectivity index (χ3v) is 2.76. The zero-order chi connectivity index (χ0) is 8.48. The third kappa shape index (κ3) is 2.41. The Morgan fingerprint density at radius 2 is 2.18 bits per heavy atom. The van der Waals surface area contributed by atoms with Gasteiger partial charge in [0.05, 0.1) is 4.90 Å². The monoisotopic (exact) mass is 208 g/mol. The van der Waals surface area contributed by atoms with E-state index in [4.69, 9.17) is 16.2 Å². The van der Waals surface area contributed by atoms with Crippen LogP contribution >= 0.6 is 11.6 Å². The van der Waals surface area contributed by atoms with Crippen LogP contribution in [0.2, 0.25) is 5.02 Å². The number of benzene rings is 1. The van der Waals surface area contributed by atoms with E-state index in [1.54, 1.807) is 12.1 Å². The summed E-state index contributed by atoms with van der Waals surface area (Å²) in [5.74, 6) is 0. The van der Waals surface area contributed by atoms with Crippen molar-refractivity contribution in [3.05, 3.63) is 29.3 Å². The van der Waals surface area contributed by atoms with Crippen LogP contribution in [-0.2, 0) is 20.0 Å². The van der Waals surface area contributed by atoms with E-state index >= 15 is 0 Å². The van der Waals surface area contributed by atoms with E-state index in [0.717, 1.165) is 0 Å². The highest BCUT2D eigenvalue weighted by atomic mass is 35.5. The van der Waals surface area contributed by atoms with E-state index in [2.05, 4.69) is 11.2 Å². The molecule has 60 valence electrons. The molecule has 1 aromatic rings. The van der Waals surface area contributed by atoms with Crippen molar-refractivity contribution in [3.63, 3.8) is 0 Å². The fraction of sp³-hybridized carbons (Fsp3) is 0. The number of halogens is 1. The van der Waals surface area contributed by atoms with Crippen LogP contribution in [0.4, 0.5) is 0 Å². The lowest BCUT2D eigenvalue weighted by atomic mass is 10.4. The molecular formula is C6H5ClO2S2. The second-order valence-electron chi connectivity index (χ2n) is 1.93. The molecule has 0 aromatic heterocycles. The summed E-state index contributed by atoms with van der Waals surface area (Å²) < 4.78 is 19.7. The molecule has 0 bridgehead atoms. The van der Waals surface area contributed by atoms with E-state index in [1.807, 2.05) is 0 Å². The maximum Gasteiger partial charge on any atom is 0.171 e. The highest BCUT2D eigenvalue weighted by Crippen LogP contribution is 2.14. The third-order valence-electron chi connectivity index (χ3n) is 1.09. The zero-order valence-corrected chi connectivity index (χ0v) is 7.75. The molecule has 0 aliphatic heterocycles. The average Bonchev–Trinajstić information content (AvgIpc) is 1.86. The minimum absolute atomic E-state index is 0.181. The number of rotatable bonds is 1. The van der Waals surface area contributed by atoms with Gasteiger partial charge in [0.25, 0.3) is 0 Å². The first-order valence-corrected chi connectivity index (χ1v) is 5.55. The van der Waals surface area contributed by atoms with E-state index in [9.17, 15) is 4.21 Å². The van der Waals surface area contributed by atoms with Crippen molar-refractivity contribution < 1.29 is 8.76 Å². The molecule has 1 atom stereocenters. The van der Waals surface area contributed by atoms with Gasteiger partial charge in [-0.3, -0.25) is 0 Å². The lowest BCUT2D eigenvalue weighted by molar-refractivity contribution is 0.561. The fourth-order valence-corrected chi connectivity index (χ4v) is 1.72. The van der Waals surface area contributed by atoms with Crippen molar-refractivity contribution in [2.45, 2.75) is 4.90 Å². The minimum atomic E-state index is -3.28. The lowest BCUT2D eigenvalue weighted by Crippen LogP contribution is -1.94. The van der Waals surface area contributed by atoms with E-state index in [-0.39, 0.29) is 4.90 Å². The van der Waals surface area contributed by atoms with Gasteiger partial charge in [-0.2, -0.15) is 0 Å². The zero-order valence-electron chi connectivity index (χ0n) is 5.36. The smallest absolute Gasteiger partial charge is 0.171 e. The number of hydrogen-bond acceptors (Lipinski definition) is 2. The summed E-state index contributed by atoms with van der Waals surface area (Å²) in [6.45, 7) is 0. The summed E-state index contributed by atoms with van der Waals surface area (Å²) in [5, 5.41) is 0.411. The van der Waals surface area contributed by atoms with Crippen molar-refractivity contribution in [2.75, 3.05) is 0 Å². The van der Waals surface area contributed by atoms with Crippen LogP contribution in [0, 0.1) is 0 Å². The van der Waals surface area contributed by atoms with Crippen LogP contribution in [0.25, 0.3) is 0 Å². The van der Waals surface area contributed by atoms with Gasteiger partial charge in [0.1, 0.15) is 0 Å². The van der Waals surface area contributed by atoms with Gasteiger partial charge in [-0.15, -0.1) is 0 Å². The van der Waals surface area contributed by atoms with Crippen LogP contribution in [0.5, 0.6) is 0 Å². The maximum absolute atomic E-state index is 10.9. The van der Waals surface area contributed by atoms with Gasteiger partial charge >= 0.3 is 0 Å². The lowest BCUT2D eigenvalue weighted by Gasteiger charge is -1.97. The van der Waals surface area contributed by atoms with Gasteiger partial charge in [-0.05, 0) is 18.2 Å². The quantitative estimate of drug-likeness (QED) is 0.766. The molecule has 0 aliphatic rings. The molecular weight excluding hydrogens is 204 g/mol. The molecule has 0 fully saturated rings. The largest absolute Gasteiger partial charge is 0.302 e. The van der Waals surface area contributed by atoms with Crippen molar-refractivity contribution in [3.8, 4) is 0 Å². The summed E-state index contributed by atoms with van der Waals surface area (Å²) in [7, 11) is -3.28. The second kappa shape index (κ2) is 3.06. The van der Waals surface area contributed by atoms with Crippen molar-refractivity contribution >= 4 is 31.6 Å². The van der Waals surface area contributed by atoms with Crippen LogP contribution < -0.4 is 0 Å². The molecule has 5 heteroatoms. The van der Waals surface area contributed by atoms with Crippen molar-refractivity contribution in [1.29, 1.82) is 0 Å². The Morgan fingerprint density at radius 3 is 2.55 bits per heavy atom. The summed E-state index contributed by atoms with van der Waals surface area (Å²) in [6.07, 6.45) is 0. The Bertz CT molecular complexity index is 359. The summed E-state index contributed by atoms with van der Waals surface area (Å²) in [6, 6.07) is 6.06. The molecule has 0 amide bonds. The Morgan fingerprint density at radius 1 is 1.55 bits per heavy atom. The molecule has 2 nitrogen and oxygen atoms in total. The Kier molecular flexibility index (Phi) is 2.49. The Labute approximate surface area is 74.7 Å². The van der Waals surface area contributed by atoms with Crippen molar-refractivity contribution in [2.24, 2.45) is 0 Å². The first kappa shape index (κ1) is 8.93. The first-order valence-electron chi connectivity index (χ1n) is 2.73. The van der Waals surface area contributed by atoms with Crippen LogP contribution in [0.15, 0.2) is 29.2 Å². The second-order valence-corrected chi connectivity index (χ2v) is 5.15. The van der Waals surface area contributed by atoms with Crippen LogP contribution in [-0.4, -0.2) is 8.76 Å². The molecule has 0 saturated heterocycles. The molecule has 0 spiro atoms.